The van der Waals surface area contributed by atoms with E-state index in [1.807, 2.05) is 30.3 Å². The third-order valence-corrected chi connectivity index (χ3v) is 3.56. The third-order valence-electron chi connectivity index (χ3n) is 2.52. The molecule has 2 rings (SSSR count). The summed E-state index contributed by atoms with van der Waals surface area (Å²) < 4.78 is 4.50. The van der Waals surface area contributed by atoms with Gasteiger partial charge in [0.25, 0.3) is 0 Å². The average Bonchev–Trinajstić information content (AvgIpc) is 2.50. The second kappa shape index (κ2) is 9.70. The summed E-state index contributed by atoms with van der Waals surface area (Å²) in [5.74, 6) is -0.915. The fourth-order valence-corrected chi connectivity index (χ4v) is 2.21. The second-order valence-corrected chi connectivity index (χ2v) is 5.36. The van der Waals surface area contributed by atoms with Crippen molar-refractivity contribution < 1.29 is 14.6 Å². The quantitative estimate of drug-likeness (QED) is 0.739. The monoisotopic (exact) mass is 360 g/mol. The highest BCUT2D eigenvalue weighted by molar-refractivity contribution is 6.44. The lowest BCUT2D eigenvalue weighted by Gasteiger charge is -2.06. The maximum atomic E-state index is 9.63. The molecule has 0 fully saturated rings. The van der Waals surface area contributed by atoms with Crippen molar-refractivity contribution in [3.63, 3.8) is 0 Å². The Morgan fingerprint density at radius 1 is 1.05 bits per heavy atom. The SMILES string of the molecule is CCOCC(=O)O.Clc1cc(Cl)c(-c2ccccc2)cc1Cl. The number of carbonyl (C=O) groups is 1. The zero-order valence-corrected chi connectivity index (χ0v) is 14.1. The largest absolute Gasteiger partial charge is 0.480 e. The van der Waals surface area contributed by atoms with Crippen LogP contribution in [0.3, 0.4) is 0 Å². The first-order valence-corrected chi connectivity index (χ1v) is 7.58. The maximum Gasteiger partial charge on any atom is 0.329 e. The minimum absolute atomic E-state index is 0.184. The molecule has 22 heavy (non-hydrogen) atoms. The molecule has 118 valence electrons. The Kier molecular flexibility index (Phi) is 8.28. The van der Waals surface area contributed by atoms with E-state index in [1.54, 1.807) is 19.1 Å². The Bertz CT molecular complexity index is 616. The minimum atomic E-state index is -0.915. The highest BCUT2D eigenvalue weighted by Crippen LogP contribution is 2.34. The van der Waals surface area contributed by atoms with Crippen LogP contribution in [-0.4, -0.2) is 24.3 Å². The summed E-state index contributed by atoms with van der Waals surface area (Å²) in [4.78, 5) is 9.63. The molecule has 0 atom stereocenters. The second-order valence-electron chi connectivity index (χ2n) is 4.14. The van der Waals surface area contributed by atoms with Crippen molar-refractivity contribution in [2.75, 3.05) is 13.2 Å². The van der Waals surface area contributed by atoms with Crippen LogP contribution in [0.5, 0.6) is 0 Å². The molecule has 2 aromatic carbocycles. The third kappa shape index (κ3) is 6.24. The van der Waals surface area contributed by atoms with E-state index in [-0.39, 0.29) is 6.61 Å². The number of ether oxygens (including phenoxy) is 1. The molecule has 0 spiro atoms. The number of carboxylic acids is 1. The van der Waals surface area contributed by atoms with E-state index in [0.717, 1.165) is 11.1 Å². The smallest absolute Gasteiger partial charge is 0.329 e. The van der Waals surface area contributed by atoms with E-state index in [4.69, 9.17) is 39.9 Å². The topological polar surface area (TPSA) is 46.5 Å². The molecule has 0 heterocycles. The molecule has 3 nitrogen and oxygen atoms in total. The van der Waals surface area contributed by atoms with Crippen molar-refractivity contribution in [1.82, 2.24) is 0 Å². The number of hydrogen-bond acceptors (Lipinski definition) is 2. The van der Waals surface area contributed by atoms with E-state index in [9.17, 15) is 4.79 Å². The van der Waals surface area contributed by atoms with Gasteiger partial charge < -0.3 is 9.84 Å². The van der Waals surface area contributed by atoms with Crippen LogP contribution >= 0.6 is 34.8 Å². The number of hydrogen-bond donors (Lipinski definition) is 1. The molecule has 0 aromatic heterocycles. The first kappa shape index (κ1) is 18.8. The lowest BCUT2D eigenvalue weighted by molar-refractivity contribution is -0.142. The van der Waals surface area contributed by atoms with Gasteiger partial charge in [-0.25, -0.2) is 4.79 Å². The highest BCUT2D eigenvalue weighted by atomic mass is 35.5. The molecule has 1 N–H and O–H groups in total. The van der Waals surface area contributed by atoms with Gasteiger partial charge in [0.1, 0.15) is 6.61 Å². The molecule has 0 radical (unpaired) electrons. The molecule has 0 unspecified atom stereocenters. The van der Waals surface area contributed by atoms with Crippen molar-refractivity contribution in [2.24, 2.45) is 0 Å². The highest BCUT2D eigenvalue weighted by Gasteiger charge is 2.07. The van der Waals surface area contributed by atoms with Crippen LogP contribution in [0.1, 0.15) is 6.92 Å². The normalized spacial score (nSPS) is 9.82. The molecule has 6 heteroatoms. The number of halogens is 3. The van der Waals surface area contributed by atoms with Gasteiger partial charge in [0.2, 0.25) is 0 Å². The van der Waals surface area contributed by atoms with Crippen LogP contribution in [-0.2, 0) is 9.53 Å². The summed E-state index contributed by atoms with van der Waals surface area (Å²) in [5.41, 5.74) is 1.92. The van der Waals surface area contributed by atoms with Gasteiger partial charge in [-0.3, -0.25) is 0 Å². The lowest BCUT2D eigenvalue weighted by atomic mass is 10.1. The predicted octanol–water partition coefficient (Wildman–Crippen LogP) is 5.42. The van der Waals surface area contributed by atoms with Crippen molar-refractivity contribution in [1.29, 1.82) is 0 Å². The Labute approximate surface area is 144 Å². The fourth-order valence-electron chi connectivity index (χ4n) is 1.55. The van der Waals surface area contributed by atoms with Crippen molar-refractivity contribution in [3.8, 4) is 11.1 Å². The molecule has 0 aliphatic carbocycles. The Hall–Kier alpha value is -1.26. The fraction of sp³-hybridized carbons (Fsp3) is 0.188. The number of carboxylic acid groups (broad SMARTS) is 1. The minimum Gasteiger partial charge on any atom is -0.480 e. The Balaban J connectivity index is 0.000000295. The van der Waals surface area contributed by atoms with Gasteiger partial charge in [-0.1, -0.05) is 65.1 Å². The first-order chi connectivity index (χ1) is 10.5. The molecule has 0 saturated carbocycles. The van der Waals surface area contributed by atoms with E-state index >= 15 is 0 Å². The van der Waals surface area contributed by atoms with Crippen LogP contribution in [0.4, 0.5) is 0 Å². The van der Waals surface area contributed by atoms with E-state index in [1.165, 1.54) is 0 Å². The van der Waals surface area contributed by atoms with Gasteiger partial charge in [-0.05, 0) is 24.6 Å². The van der Waals surface area contributed by atoms with Crippen molar-refractivity contribution in [2.45, 2.75) is 6.92 Å². The number of benzene rings is 2. The van der Waals surface area contributed by atoms with Crippen LogP contribution in [0.15, 0.2) is 42.5 Å². The zero-order valence-electron chi connectivity index (χ0n) is 11.9. The summed E-state index contributed by atoms with van der Waals surface area (Å²) in [6, 6.07) is 13.3. The molecule has 0 amide bonds. The standard InChI is InChI=1S/C12H7Cl3.C4H8O3/c13-10-7-12(15)11(14)6-9(10)8-4-2-1-3-5-8;1-2-7-3-4(5)6/h1-7H;2-3H2,1H3,(H,5,6). The molecule has 2 aromatic rings. The summed E-state index contributed by atoms with van der Waals surface area (Å²) >= 11 is 17.9. The van der Waals surface area contributed by atoms with E-state index in [2.05, 4.69) is 4.74 Å². The van der Waals surface area contributed by atoms with Crippen LogP contribution in [0, 0.1) is 0 Å². The van der Waals surface area contributed by atoms with Gasteiger partial charge >= 0.3 is 5.97 Å². The van der Waals surface area contributed by atoms with Gasteiger partial charge in [0.05, 0.1) is 10.0 Å². The summed E-state index contributed by atoms with van der Waals surface area (Å²) in [6.07, 6.45) is 0. The van der Waals surface area contributed by atoms with Gasteiger partial charge in [0.15, 0.2) is 0 Å². The van der Waals surface area contributed by atoms with Gasteiger partial charge in [-0.15, -0.1) is 0 Å². The number of aliphatic carboxylic acids is 1. The van der Waals surface area contributed by atoms with Crippen LogP contribution in [0.25, 0.3) is 11.1 Å². The molecule has 0 aliphatic rings. The summed E-state index contributed by atoms with van der Waals surface area (Å²) in [7, 11) is 0. The molecular formula is C16H15Cl3O3. The van der Waals surface area contributed by atoms with Gasteiger partial charge in [-0.2, -0.15) is 0 Å². The lowest BCUT2D eigenvalue weighted by Crippen LogP contribution is -2.05. The van der Waals surface area contributed by atoms with Crippen LogP contribution < -0.4 is 0 Å². The Morgan fingerprint density at radius 2 is 1.64 bits per heavy atom. The first-order valence-electron chi connectivity index (χ1n) is 6.45. The van der Waals surface area contributed by atoms with E-state index < -0.39 is 5.97 Å². The molecular weight excluding hydrogens is 347 g/mol. The van der Waals surface area contributed by atoms with Crippen LogP contribution in [0.2, 0.25) is 15.1 Å². The van der Waals surface area contributed by atoms with Crippen molar-refractivity contribution >= 4 is 40.8 Å². The molecule has 0 saturated heterocycles. The zero-order chi connectivity index (χ0) is 16.5. The maximum absolute atomic E-state index is 9.63. The predicted molar refractivity (Wildman–Crippen MR) is 91.0 cm³/mol. The van der Waals surface area contributed by atoms with Gasteiger partial charge in [0, 0.05) is 17.2 Å². The molecule has 0 aliphatic heterocycles. The average molecular weight is 362 g/mol. The summed E-state index contributed by atoms with van der Waals surface area (Å²) in [5, 5.41) is 9.51. The van der Waals surface area contributed by atoms with E-state index in [0.29, 0.717) is 21.7 Å². The molecule has 0 bridgehead atoms. The van der Waals surface area contributed by atoms with Crippen molar-refractivity contribution in [3.05, 3.63) is 57.5 Å². The number of rotatable bonds is 4. The Morgan fingerprint density at radius 3 is 2.14 bits per heavy atom. The summed E-state index contributed by atoms with van der Waals surface area (Å²) in [6.45, 7) is 2.03.